The van der Waals surface area contributed by atoms with Crippen LogP contribution in [0.5, 0.6) is 0 Å². The first kappa shape index (κ1) is 11.2. The highest BCUT2D eigenvalue weighted by Crippen LogP contribution is 2.06. The third kappa shape index (κ3) is 2.86. The summed E-state index contributed by atoms with van der Waals surface area (Å²) in [6, 6.07) is 0. The molecule has 0 atom stereocenters. The lowest BCUT2D eigenvalue weighted by Gasteiger charge is -2.05. The van der Waals surface area contributed by atoms with Crippen molar-refractivity contribution in [3.8, 4) is 0 Å². The number of anilines is 1. The summed E-state index contributed by atoms with van der Waals surface area (Å²) in [5.41, 5.74) is 0.570. The fraction of sp³-hybridized carbons (Fsp3) is 0.444. The minimum Gasteiger partial charge on any atom is -0.481 e. The second kappa shape index (κ2) is 5.19. The highest BCUT2D eigenvalue weighted by atomic mass is 16.4. The molecule has 0 fully saturated rings. The topological polar surface area (TPSA) is 105 Å². The maximum atomic E-state index is 10.3. The normalized spacial score (nSPS) is 10.6. The van der Waals surface area contributed by atoms with Crippen LogP contribution in [0, 0.1) is 0 Å². The first-order valence-corrected chi connectivity index (χ1v) is 5.25. The minimum atomic E-state index is -0.769. The van der Waals surface area contributed by atoms with E-state index in [1.165, 1.54) is 0 Å². The highest BCUT2D eigenvalue weighted by molar-refractivity contribution is 5.66. The summed E-state index contributed by atoms with van der Waals surface area (Å²) in [7, 11) is 0. The molecule has 0 bridgehead atoms. The summed E-state index contributed by atoms with van der Waals surface area (Å²) in [5, 5.41) is 22.7. The third-order valence-corrected chi connectivity index (χ3v) is 2.23. The molecule has 0 aliphatic carbocycles. The average Bonchev–Trinajstić information content (AvgIpc) is 2.77. The van der Waals surface area contributed by atoms with Gasteiger partial charge in [-0.15, -0.1) is 5.10 Å². The van der Waals surface area contributed by atoms with Gasteiger partial charge in [-0.25, -0.2) is 0 Å². The number of aromatic nitrogens is 5. The molecule has 0 aliphatic rings. The summed E-state index contributed by atoms with van der Waals surface area (Å²) >= 11 is 0. The van der Waals surface area contributed by atoms with Crippen LogP contribution >= 0.6 is 0 Å². The zero-order valence-corrected chi connectivity index (χ0v) is 9.07. The molecule has 0 aliphatic heterocycles. The molecule has 17 heavy (non-hydrogen) atoms. The number of carboxylic acid groups (broad SMARTS) is 1. The molecule has 2 heterocycles. The van der Waals surface area contributed by atoms with E-state index in [0.29, 0.717) is 24.4 Å². The number of rotatable bonds is 6. The molecule has 0 saturated carbocycles. The molecule has 90 valence electrons. The van der Waals surface area contributed by atoms with E-state index in [2.05, 4.69) is 25.8 Å². The second-order valence-electron chi connectivity index (χ2n) is 3.52. The number of nitrogens with zero attached hydrogens (tertiary/aromatic N) is 5. The van der Waals surface area contributed by atoms with E-state index in [0.717, 1.165) is 6.42 Å². The summed E-state index contributed by atoms with van der Waals surface area (Å²) in [6.07, 6.45) is 4.79. The summed E-state index contributed by atoms with van der Waals surface area (Å²) < 4.78 is 1.55. The SMILES string of the molecule is O=C(O)CCCCNc1cncc2nnnn12. The average molecular weight is 236 g/mol. The molecule has 2 aromatic heterocycles. The van der Waals surface area contributed by atoms with Gasteiger partial charge in [0.2, 0.25) is 0 Å². The van der Waals surface area contributed by atoms with Gasteiger partial charge in [0.1, 0.15) is 5.82 Å². The number of aliphatic carboxylic acids is 1. The van der Waals surface area contributed by atoms with Crippen molar-refractivity contribution in [3.63, 3.8) is 0 Å². The van der Waals surface area contributed by atoms with E-state index in [4.69, 9.17) is 5.11 Å². The Labute approximate surface area is 96.7 Å². The molecule has 8 heteroatoms. The second-order valence-corrected chi connectivity index (χ2v) is 3.52. The van der Waals surface area contributed by atoms with Crippen LogP contribution in [0.4, 0.5) is 5.82 Å². The number of hydrogen-bond acceptors (Lipinski definition) is 6. The van der Waals surface area contributed by atoms with Crippen molar-refractivity contribution in [1.82, 2.24) is 25.0 Å². The van der Waals surface area contributed by atoms with Gasteiger partial charge in [0.15, 0.2) is 5.65 Å². The third-order valence-electron chi connectivity index (χ3n) is 2.23. The summed E-state index contributed by atoms with van der Waals surface area (Å²) in [6.45, 7) is 0.661. The molecule has 2 rings (SSSR count). The van der Waals surface area contributed by atoms with Gasteiger partial charge in [-0.05, 0) is 23.3 Å². The number of tetrazole rings is 1. The Kier molecular flexibility index (Phi) is 3.43. The lowest BCUT2D eigenvalue weighted by atomic mass is 10.2. The van der Waals surface area contributed by atoms with Crippen molar-refractivity contribution in [1.29, 1.82) is 0 Å². The van der Waals surface area contributed by atoms with Crippen molar-refractivity contribution in [3.05, 3.63) is 12.4 Å². The maximum Gasteiger partial charge on any atom is 0.303 e. The Morgan fingerprint density at radius 2 is 2.29 bits per heavy atom. The Balaban J connectivity index is 1.86. The molecule has 0 amide bonds. The zero-order valence-electron chi connectivity index (χ0n) is 9.07. The van der Waals surface area contributed by atoms with E-state index in [1.54, 1.807) is 16.9 Å². The van der Waals surface area contributed by atoms with E-state index in [-0.39, 0.29) is 6.42 Å². The lowest BCUT2D eigenvalue weighted by Crippen LogP contribution is -2.08. The number of fused-ring (bicyclic) bond motifs is 1. The molecule has 0 unspecified atom stereocenters. The first-order valence-electron chi connectivity index (χ1n) is 5.25. The number of unbranched alkanes of at least 4 members (excludes halogenated alkanes) is 1. The number of carbonyl (C=O) groups is 1. The minimum absolute atomic E-state index is 0.189. The van der Waals surface area contributed by atoms with Crippen LogP contribution < -0.4 is 5.32 Å². The van der Waals surface area contributed by atoms with E-state index in [9.17, 15) is 4.79 Å². The molecule has 0 saturated heterocycles. The Hall–Kier alpha value is -2.25. The van der Waals surface area contributed by atoms with Crippen LogP contribution in [0.1, 0.15) is 19.3 Å². The van der Waals surface area contributed by atoms with Crippen LogP contribution in [-0.4, -0.2) is 42.6 Å². The number of hydrogen-bond donors (Lipinski definition) is 2. The van der Waals surface area contributed by atoms with Crippen LogP contribution in [0.2, 0.25) is 0 Å². The lowest BCUT2D eigenvalue weighted by molar-refractivity contribution is -0.137. The molecule has 0 radical (unpaired) electrons. The fourth-order valence-corrected chi connectivity index (χ4v) is 1.41. The zero-order chi connectivity index (χ0) is 12.1. The smallest absolute Gasteiger partial charge is 0.303 e. The molecule has 2 N–H and O–H groups in total. The molecule has 0 aromatic carbocycles. The van der Waals surface area contributed by atoms with E-state index in [1.807, 2.05) is 0 Å². The number of carboxylic acids is 1. The summed E-state index contributed by atoms with van der Waals surface area (Å²) in [4.78, 5) is 14.3. The van der Waals surface area contributed by atoms with Crippen LogP contribution in [0.25, 0.3) is 5.65 Å². The van der Waals surface area contributed by atoms with Crippen molar-refractivity contribution in [2.24, 2.45) is 0 Å². The van der Waals surface area contributed by atoms with Gasteiger partial charge >= 0.3 is 5.97 Å². The van der Waals surface area contributed by atoms with Crippen molar-refractivity contribution in [2.45, 2.75) is 19.3 Å². The summed E-state index contributed by atoms with van der Waals surface area (Å²) in [5.74, 6) is -0.0722. The maximum absolute atomic E-state index is 10.3. The standard InChI is InChI=1S/C9H12N6O2/c16-9(17)3-1-2-4-11-7-5-10-6-8-12-13-14-15(7)8/h5-6,11H,1-4H2,(H,16,17). The fourth-order valence-electron chi connectivity index (χ4n) is 1.41. The van der Waals surface area contributed by atoms with Gasteiger partial charge in [0.25, 0.3) is 0 Å². The van der Waals surface area contributed by atoms with Gasteiger partial charge in [0, 0.05) is 13.0 Å². The molecule has 2 aromatic rings. The predicted molar refractivity (Wildman–Crippen MR) is 58.6 cm³/mol. The first-order chi connectivity index (χ1) is 8.27. The monoisotopic (exact) mass is 236 g/mol. The van der Waals surface area contributed by atoms with Gasteiger partial charge in [-0.2, -0.15) is 4.52 Å². The number of nitrogens with one attached hydrogen (secondary N) is 1. The van der Waals surface area contributed by atoms with Gasteiger partial charge in [-0.3, -0.25) is 9.78 Å². The van der Waals surface area contributed by atoms with Gasteiger partial charge < -0.3 is 10.4 Å². The molecular weight excluding hydrogens is 224 g/mol. The van der Waals surface area contributed by atoms with Crippen molar-refractivity contribution < 1.29 is 9.90 Å². The van der Waals surface area contributed by atoms with E-state index < -0.39 is 5.97 Å². The Morgan fingerprint density at radius 3 is 3.12 bits per heavy atom. The molecular formula is C9H12N6O2. The van der Waals surface area contributed by atoms with E-state index >= 15 is 0 Å². The Bertz CT molecular complexity index is 511. The largest absolute Gasteiger partial charge is 0.481 e. The molecule has 0 spiro atoms. The Morgan fingerprint density at radius 1 is 1.41 bits per heavy atom. The highest BCUT2D eigenvalue weighted by Gasteiger charge is 2.03. The van der Waals surface area contributed by atoms with Gasteiger partial charge in [0.05, 0.1) is 12.4 Å². The van der Waals surface area contributed by atoms with Crippen molar-refractivity contribution in [2.75, 3.05) is 11.9 Å². The van der Waals surface area contributed by atoms with Crippen LogP contribution in [0.15, 0.2) is 12.4 Å². The molecule has 8 nitrogen and oxygen atoms in total. The van der Waals surface area contributed by atoms with Crippen molar-refractivity contribution >= 4 is 17.4 Å². The van der Waals surface area contributed by atoms with Gasteiger partial charge in [-0.1, -0.05) is 0 Å². The quantitative estimate of drug-likeness (QED) is 0.689. The van der Waals surface area contributed by atoms with Crippen LogP contribution in [0.3, 0.4) is 0 Å². The predicted octanol–water partition coefficient (Wildman–Crippen LogP) is 0.186. The van der Waals surface area contributed by atoms with Crippen LogP contribution in [-0.2, 0) is 4.79 Å².